The standard InChI is InChI=1S/C9H18FN3O/c1-9(5-11)2-3-13(6-9)8(14)7(12)4-10/h7H,2-6,11-12H2,1H3/t7-,9+/m0/s1. The van der Waals surface area contributed by atoms with E-state index >= 15 is 0 Å². The van der Waals surface area contributed by atoms with E-state index in [9.17, 15) is 9.18 Å². The fourth-order valence-electron chi connectivity index (χ4n) is 1.68. The van der Waals surface area contributed by atoms with Crippen LogP contribution in [0.3, 0.4) is 0 Å². The minimum absolute atomic E-state index is 0.0221. The topological polar surface area (TPSA) is 72.3 Å². The Labute approximate surface area is 83.4 Å². The van der Waals surface area contributed by atoms with Gasteiger partial charge in [0.05, 0.1) is 0 Å². The molecule has 0 aliphatic carbocycles. The van der Waals surface area contributed by atoms with Crippen molar-refractivity contribution in [3.8, 4) is 0 Å². The first-order valence-corrected chi connectivity index (χ1v) is 4.83. The van der Waals surface area contributed by atoms with Gasteiger partial charge in [-0.3, -0.25) is 4.79 Å². The van der Waals surface area contributed by atoms with Gasteiger partial charge in [0.25, 0.3) is 0 Å². The Morgan fingerprint density at radius 2 is 2.36 bits per heavy atom. The Morgan fingerprint density at radius 3 is 2.79 bits per heavy atom. The Bertz CT molecular complexity index is 224. The Morgan fingerprint density at radius 1 is 1.71 bits per heavy atom. The van der Waals surface area contributed by atoms with Crippen molar-refractivity contribution in [2.45, 2.75) is 19.4 Å². The van der Waals surface area contributed by atoms with Crippen molar-refractivity contribution in [3.63, 3.8) is 0 Å². The number of hydrogen-bond acceptors (Lipinski definition) is 3. The summed E-state index contributed by atoms with van der Waals surface area (Å²) < 4.78 is 12.2. The highest BCUT2D eigenvalue weighted by atomic mass is 19.1. The molecule has 1 saturated heterocycles. The van der Waals surface area contributed by atoms with E-state index in [1.54, 1.807) is 4.90 Å². The summed E-state index contributed by atoms with van der Waals surface area (Å²) in [5.74, 6) is -0.301. The van der Waals surface area contributed by atoms with E-state index in [0.29, 0.717) is 19.6 Å². The summed E-state index contributed by atoms with van der Waals surface area (Å²) in [6.45, 7) is 3.01. The van der Waals surface area contributed by atoms with Gasteiger partial charge in [0.2, 0.25) is 5.91 Å². The van der Waals surface area contributed by atoms with E-state index in [2.05, 4.69) is 0 Å². The third-order valence-corrected chi connectivity index (χ3v) is 2.85. The maximum absolute atomic E-state index is 12.2. The number of nitrogens with two attached hydrogens (primary N) is 2. The maximum Gasteiger partial charge on any atom is 0.242 e. The SMILES string of the molecule is C[C@]1(CN)CCN(C(=O)[C@@H](N)CF)C1. The summed E-state index contributed by atoms with van der Waals surface area (Å²) >= 11 is 0. The number of rotatable bonds is 3. The highest BCUT2D eigenvalue weighted by molar-refractivity contribution is 5.82. The first-order chi connectivity index (χ1) is 6.52. The lowest BCUT2D eigenvalue weighted by Crippen LogP contribution is -2.45. The molecule has 0 unspecified atom stereocenters. The van der Waals surface area contributed by atoms with Crippen LogP contribution >= 0.6 is 0 Å². The zero-order valence-corrected chi connectivity index (χ0v) is 8.50. The summed E-state index contributed by atoms with van der Waals surface area (Å²) in [4.78, 5) is 13.1. The third kappa shape index (κ3) is 2.22. The van der Waals surface area contributed by atoms with Gasteiger partial charge in [-0.15, -0.1) is 0 Å². The average molecular weight is 203 g/mol. The summed E-state index contributed by atoms with van der Waals surface area (Å²) in [7, 11) is 0. The van der Waals surface area contributed by atoms with Gasteiger partial charge in [0.15, 0.2) is 0 Å². The molecule has 82 valence electrons. The summed E-state index contributed by atoms with van der Waals surface area (Å²) in [6, 6.07) is -1.00. The van der Waals surface area contributed by atoms with Crippen molar-refractivity contribution < 1.29 is 9.18 Å². The highest BCUT2D eigenvalue weighted by Crippen LogP contribution is 2.28. The molecule has 0 saturated carbocycles. The largest absolute Gasteiger partial charge is 0.341 e. The second-order valence-electron chi connectivity index (χ2n) is 4.29. The smallest absolute Gasteiger partial charge is 0.242 e. The lowest BCUT2D eigenvalue weighted by molar-refractivity contribution is -0.132. The van der Waals surface area contributed by atoms with E-state index in [4.69, 9.17) is 11.5 Å². The summed E-state index contributed by atoms with van der Waals surface area (Å²) in [6.07, 6.45) is 0.869. The number of carbonyl (C=O) groups is 1. The third-order valence-electron chi connectivity index (χ3n) is 2.85. The second-order valence-corrected chi connectivity index (χ2v) is 4.29. The second kappa shape index (κ2) is 4.23. The van der Waals surface area contributed by atoms with Crippen molar-refractivity contribution in [2.24, 2.45) is 16.9 Å². The first kappa shape index (κ1) is 11.4. The van der Waals surface area contributed by atoms with Crippen LogP contribution < -0.4 is 11.5 Å². The van der Waals surface area contributed by atoms with Crippen LogP contribution in [0, 0.1) is 5.41 Å². The number of nitrogens with zero attached hydrogens (tertiary/aromatic N) is 1. The number of hydrogen-bond donors (Lipinski definition) is 2. The molecule has 2 atom stereocenters. The van der Waals surface area contributed by atoms with Crippen molar-refractivity contribution in [1.29, 1.82) is 0 Å². The van der Waals surface area contributed by atoms with Crippen LogP contribution in [0.4, 0.5) is 4.39 Å². The van der Waals surface area contributed by atoms with E-state index < -0.39 is 12.7 Å². The summed E-state index contributed by atoms with van der Waals surface area (Å²) in [5, 5.41) is 0. The zero-order chi connectivity index (χ0) is 10.8. The number of alkyl halides is 1. The molecule has 0 aromatic rings. The fourth-order valence-corrected chi connectivity index (χ4v) is 1.68. The summed E-state index contributed by atoms with van der Waals surface area (Å²) in [5.41, 5.74) is 10.9. The predicted octanol–water partition coefficient (Wildman–Crippen LogP) is -0.519. The molecule has 5 heteroatoms. The molecule has 0 spiro atoms. The molecule has 1 fully saturated rings. The quantitative estimate of drug-likeness (QED) is 0.648. The van der Waals surface area contributed by atoms with Crippen LogP contribution in [0.5, 0.6) is 0 Å². The van der Waals surface area contributed by atoms with Crippen LogP contribution in [-0.2, 0) is 4.79 Å². The number of carbonyl (C=O) groups excluding carboxylic acids is 1. The first-order valence-electron chi connectivity index (χ1n) is 4.83. The molecule has 1 amide bonds. The highest BCUT2D eigenvalue weighted by Gasteiger charge is 2.36. The molecule has 1 aliphatic heterocycles. The van der Waals surface area contributed by atoms with Gasteiger partial charge in [-0.25, -0.2) is 4.39 Å². The molecular weight excluding hydrogens is 185 g/mol. The number of halogens is 1. The van der Waals surface area contributed by atoms with Crippen LogP contribution in [-0.4, -0.2) is 43.2 Å². The van der Waals surface area contributed by atoms with Gasteiger partial charge in [0, 0.05) is 13.1 Å². The van der Waals surface area contributed by atoms with Gasteiger partial charge < -0.3 is 16.4 Å². The lowest BCUT2D eigenvalue weighted by Gasteiger charge is -2.23. The van der Waals surface area contributed by atoms with Gasteiger partial charge in [-0.05, 0) is 18.4 Å². The average Bonchev–Trinajstić information content (AvgIpc) is 2.59. The normalized spacial score (nSPS) is 29.3. The van der Waals surface area contributed by atoms with E-state index in [-0.39, 0.29) is 11.3 Å². The molecule has 4 N–H and O–H groups in total. The maximum atomic E-state index is 12.2. The molecule has 0 bridgehead atoms. The van der Waals surface area contributed by atoms with Crippen LogP contribution in [0.25, 0.3) is 0 Å². The van der Waals surface area contributed by atoms with Gasteiger partial charge in [-0.2, -0.15) is 0 Å². The Hall–Kier alpha value is -0.680. The minimum Gasteiger partial charge on any atom is -0.341 e. The minimum atomic E-state index is -1.00. The zero-order valence-electron chi connectivity index (χ0n) is 8.50. The van der Waals surface area contributed by atoms with Crippen molar-refractivity contribution >= 4 is 5.91 Å². The van der Waals surface area contributed by atoms with Gasteiger partial charge in [0.1, 0.15) is 12.7 Å². The molecule has 1 heterocycles. The van der Waals surface area contributed by atoms with Crippen molar-refractivity contribution in [1.82, 2.24) is 4.90 Å². The number of amides is 1. The molecule has 4 nitrogen and oxygen atoms in total. The number of likely N-dealkylation sites (tertiary alicyclic amines) is 1. The molecule has 1 aliphatic rings. The monoisotopic (exact) mass is 203 g/mol. The van der Waals surface area contributed by atoms with Gasteiger partial charge >= 0.3 is 0 Å². The van der Waals surface area contributed by atoms with E-state index in [0.717, 1.165) is 6.42 Å². The fraction of sp³-hybridized carbons (Fsp3) is 0.889. The van der Waals surface area contributed by atoms with E-state index in [1.807, 2.05) is 6.92 Å². The Balaban J connectivity index is 2.54. The van der Waals surface area contributed by atoms with Crippen molar-refractivity contribution in [3.05, 3.63) is 0 Å². The van der Waals surface area contributed by atoms with Crippen LogP contribution in [0.15, 0.2) is 0 Å². The van der Waals surface area contributed by atoms with E-state index in [1.165, 1.54) is 0 Å². The molecule has 14 heavy (non-hydrogen) atoms. The van der Waals surface area contributed by atoms with Gasteiger partial charge in [-0.1, -0.05) is 6.92 Å². The Kier molecular flexibility index (Phi) is 3.44. The molecule has 0 aromatic heterocycles. The predicted molar refractivity (Wildman–Crippen MR) is 52.3 cm³/mol. The molecular formula is C9H18FN3O. The van der Waals surface area contributed by atoms with Crippen molar-refractivity contribution in [2.75, 3.05) is 26.3 Å². The molecule has 0 aromatic carbocycles. The van der Waals surface area contributed by atoms with Crippen LogP contribution in [0.1, 0.15) is 13.3 Å². The molecule has 1 rings (SSSR count). The lowest BCUT2D eigenvalue weighted by atomic mass is 9.90. The molecule has 0 radical (unpaired) electrons. The van der Waals surface area contributed by atoms with Crippen LogP contribution in [0.2, 0.25) is 0 Å².